The summed E-state index contributed by atoms with van der Waals surface area (Å²) >= 11 is 0. The van der Waals surface area contributed by atoms with E-state index in [1.54, 1.807) is 30.3 Å². The summed E-state index contributed by atoms with van der Waals surface area (Å²) in [6.45, 7) is 1.24. The molecule has 1 N–H and O–H groups in total. The minimum atomic E-state index is -1.44. The highest BCUT2D eigenvalue weighted by Crippen LogP contribution is 2.00. The van der Waals surface area contributed by atoms with Crippen LogP contribution in [-0.2, 0) is 9.59 Å². The molecular formula is C10H9N2O3-. The highest BCUT2D eigenvalue weighted by Gasteiger charge is 2.04. The Bertz CT molecular complexity index is 398. The van der Waals surface area contributed by atoms with Gasteiger partial charge in [-0.25, -0.2) is 5.43 Å². The van der Waals surface area contributed by atoms with Gasteiger partial charge >= 0.3 is 0 Å². The molecule has 5 nitrogen and oxygen atoms in total. The average Bonchev–Trinajstić information content (AvgIpc) is 2.18. The number of amides is 1. The molecule has 0 saturated heterocycles. The Hall–Kier alpha value is -2.17. The molecule has 0 aromatic heterocycles. The fourth-order valence-corrected chi connectivity index (χ4v) is 0.959. The Labute approximate surface area is 86.4 Å². The first-order valence-corrected chi connectivity index (χ1v) is 4.22. The smallest absolute Gasteiger partial charge is 0.236 e. The summed E-state index contributed by atoms with van der Waals surface area (Å²) in [4.78, 5) is 21.3. The number of hydrogen-bond acceptors (Lipinski definition) is 4. The minimum absolute atomic E-state index is 0.300. The van der Waals surface area contributed by atoms with Crippen molar-refractivity contribution in [3.63, 3.8) is 0 Å². The first kappa shape index (κ1) is 10.9. The topological polar surface area (TPSA) is 81.6 Å². The van der Waals surface area contributed by atoms with E-state index in [2.05, 4.69) is 10.5 Å². The second-order valence-electron chi connectivity index (χ2n) is 2.78. The van der Waals surface area contributed by atoms with Crippen LogP contribution in [-0.4, -0.2) is 17.6 Å². The molecule has 0 unspecified atom stereocenters. The molecule has 0 aliphatic rings. The van der Waals surface area contributed by atoms with E-state index in [0.717, 1.165) is 0 Å². The maximum Gasteiger partial charge on any atom is 0.236 e. The molecule has 0 bridgehead atoms. The number of hydrazone groups is 1. The standard InChI is InChI=1S/C10H10N2O3/c1-7(13)11-12-9(10(14)15)8-5-3-2-4-6-8/h2-6H,1H3,(H,11,13)(H,14,15)/p-1/b12-9+. The highest BCUT2D eigenvalue weighted by molar-refractivity contribution is 6.41. The molecule has 0 spiro atoms. The van der Waals surface area contributed by atoms with E-state index >= 15 is 0 Å². The minimum Gasteiger partial charge on any atom is -0.543 e. The van der Waals surface area contributed by atoms with Crippen LogP contribution in [0.3, 0.4) is 0 Å². The third-order valence-corrected chi connectivity index (χ3v) is 1.57. The lowest BCUT2D eigenvalue weighted by molar-refractivity contribution is -0.294. The molecule has 0 aliphatic heterocycles. The highest BCUT2D eigenvalue weighted by atomic mass is 16.4. The number of rotatable bonds is 3. The summed E-state index contributed by atoms with van der Waals surface area (Å²) in [5.74, 6) is -1.88. The van der Waals surface area contributed by atoms with Gasteiger partial charge in [0.2, 0.25) is 5.91 Å². The summed E-state index contributed by atoms with van der Waals surface area (Å²) in [6.07, 6.45) is 0. The van der Waals surface area contributed by atoms with Crippen LogP contribution in [0.5, 0.6) is 0 Å². The lowest BCUT2D eigenvalue weighted by Crippen LogP contribution is -2.34. The molecule has 0 aliphatic carbocycles. The van der Waals surface area contributed by atoms with Gasteiger partial charge in [-0.05, 0) is 0 Å². The van der Waals surface area contributed by atoms with Crippen LogP contribution in [0.25, 0.3) is 0 Å². The maximum absolute atomic E-state index is 10.7. The van der Waals surface area contributed by atoms with E-state index in [1.165, 1.54) is 6.92 Å². The van der Waals surface area contributed by atoms with Crippen LogP contribution in [0.15, 0.2) is 35.4 Å². The third kappa shape index (κ3) is 3.22. The number of carbonyl (C=O) groups is 2. The summed E-state index contributed by atoms with van der Waals surface area (Å²) in [5.41, 5.74) is 2.13. The van der Waals surface area contributed by atoms with Crippen molar-refractivity contribution in [2.75, 3.05) is 0 Å². The number of carboxylic acid groups (broad SMARTS) is 1. The van der Waals surface area contributed by atoms with Crippen LogP contribution >= 0.6 is 0 Å². The Kier molecular flexibility index (Phi) is 3.56. The number of carbonyl (C=O) groups excluding carboxylic acids is 2. The second kappa shape index (κ2) is 4.90. The van der Waals surface area contributed by atoms with Gasteiger partial charge in [-0.15, -0.1) is 0 Å². The van der Waals surface area contributed by atoms with E-state index in [0.29, 0.717) is 5.56 Å². The molecule has 0 saturated carbocycles. The van der Waals surface area contributed by atoms with Crippen molar-refractivity contribution in [1.82, 2.24) is 5.43 Å². The predicted octanol–water partition coefficient (Wildman–Crippen LogP) is -0.723. The number of nitrogens with zero attached hydrogens (tertiary/aromatic N) is 1. The van der Waals surface area contributed by atoms with E-state index < -0.39 is 11.9 Å². The van der Waals surface area contributed by atoms with Crippen LogP contribution in [0.1, 0.15) is 12.5 Å². The van der Waals surface area contributed by atoms with Crippen molar-refractivity contribution in [3.8, 4) is 0 Å². The average molecular weight is 205 g/mol. The van der Waals surface area contributed by atoms with Crippen molar-refractivity contribution in [1.29, 1.82) is 0 Å². The first-order valence-electron chi connectivity index (χ1n) is 4.22. The molecule has 0 heterocycles. The number of nitrogens with one attached hydrogen (secondary N) is 1. The van der Waals surface area contributed by atoms with Crippen molar-refractivity contribution in [3.05, 3.63) is 35.9 Å². The monoisotopic (exact) mass is 205 g/mol. The molecule has 1 aromatic rings. The quantitative estimate of drug-likeness (QED) is 0.522. The van der Waals surface area contributed by atoms with Gasteiger partial charge < -0.3 is 9.90 Å². The predicted molar refractivity (Wildman–Crippen MR) is 51.8 cm³/mol. The largest absolute Gasteiger partial charge is 0.543 e. The van der Waals surface area contributed by atoms with Crippen LogP contribution < -0.4 is 10.5 Å². The molecule has 0 atom stereocenters. The van der Waals surface area contributed by atoms with Gasteiger partial charge in [0.05, 0.1) is 5.97 Å². The Morgan fingerprint density at radius 2 is 1.87 bits per heavy atom. The maximum atomic E-state index is 10.7. The molecule has 1 rings (SSSR count). The molecule has 78 valence electrons. The van der Waals surface area contributed by atoms with Gasteiger partial charge in [0.15, 0.2) is 0 Å². The number of benzene rings is 1. The second-order valence-corrected chi connectivity index (χ2v) is 2.78. The Morgan fingerprint density at radius 1 is 1.27 bits per heavy atom. The lowest BCUT2D eigenvalue weighted by Gasteiger charge is -2.06. The summed E-state index contributed by atoms with van der Waals surface area (Å²) in [5, 5.41) is 14.2. The number of carboxylic acids is 1. The fraction of sp³-hybridized carbons (Fsp3) is 0.100. The van der Waals surface area contributed by atoms with Gasteiger partial charge in [-0.3, -0.25) is 4.79 Å². The zero-order chi connectivity index (χ0) is 11.3. The zero-order valence-corrected chi connectivity index (χ0v) is 8.06. The summed E-state index contributed by atoms with van der Waals surface area (Å²) in [7, 11) is 0. The fourth-order valence-electron chi connectivity index (χ4n) is 0.959. The number of aliphatic carboxylic acids is 1. The Balaban J connectivity index is 2.99. The van der Waals surface area contributed by atoms with Crippen molar-refractivity contribution >= 4 is 17.6 Å². The van der Waals surface area contributed by atoms with E-state index in [1.807, 2.05) is 0 Å². The third-order valence-electron chi connectivity index (χ3n) is 1.57. The van der Waals surface area contributed by atoms with E-state index in [-0.39, 0.29) is 5.71 Å². The molecule has 0 fully saturated rings. The van der Waals surface area contributed by atoms with Gasteiger partial charge in [-0.1, -0.05) is 30.3 Å². The van der Waals surface area contributed by atoms with Crippen molar-refractivity contribution in [2.24, 2.45) is 5.10 Å². The number of hydrogen-bond donors (Lipinski definition) is 1. The van der Waals surface area contributed by atoms with Crippen LogP contribution in [0.4, 0.5) is 0 Å². The van der Waals surface area contributed by atoms with Gasteiger partial charge in [0.1, 0.15) is 5.71 Å². The first-order chi connectivity index (χ1) is 7.11. The van der Waals surface area contributed by atoms with Crippen molar-refractivity contribution < 1.29 is 14.7 Å². The van der Waals surface area contributed by atoms with Gasteiger partial charge in [-0.2, -0.15) is 5.10 Å². The SMILES string of the molecule is CC(=O)N/N=C(/C(=O)[O-])c1ccccc1. The van der Waals surface area contributed by atoms with Crippen molar-refractivity contribution in [2.45, 2.75) is 6.92 Å². The van der Waals surface area contributed by atoms with Crippen LogP contribution in [0, 0.1) is 0 Å². The van der Waals surface area contributed by atoms with E-state index in [9.17, 15) is 14.7 Å². The summed E-state index contributed by atoms with van der Waals surface area (Å²) < 4.78 is 0. The zero-order valence-electron chi connectivity index (χ0n) is 8.06. The molecular weight excluding hydrogens is 196 g/mol. The van der Waals surface area contributed by atoms with E-state index in [4.69, 9.17) is 0 Å². The molecule has 1 amide bonds. The molecule has 0 radical (unpaired) electrons. The lowest BCUT2D eigenvalue weighted by atomic mass is 10.1. The summed E-state index contributed by atoms with van der Waals surface area (Å²) in [6, 6.07) is 8.21. The van der Waals surface area contributed by atoms with Gasteiger partial charge in [0.25, 0.3) is 0 Å². The molecule has 15 heavy (non-hydrogen) atoms. The van der Waals surface area contributed by atoms with Crippen LogP contribution in [0.2, 0.25) is 0 Å². The normalized spacial score (nSPS) is 10.9. The van der Waals surface area contributed by atoms with Gasteiger partial charge in [0, 0.05) is 12.5 Å². The Morgan fingerprint density at radius 3 is 2.33 bits per heavy atom. The molecule has 5 heteroatoms. The molecule has 1 aromatic carbocycles.